The van der Waals surface area contributed by atoms with E-state index in [1.807, 2.05) is 0 Å². The molecule has 1 aliphatic rings. The summed E-state index contributed by atoms with van der Waals surface area (Å²) in [4.78, 5) is 14.0. The Bertz CT molecular complexity index is 954. The number of alkyl halides is 3. The second kappa shape index (κ2) is 6.72. The first-order valence-corrected chi connectivity index (χ1v) is 8.12. The number of anilines is 1. The van der Waals surface area contributed by atoms with Gasteiger partial charge in [-0.05, 0) is 12.1 Å². The highest BCUT2D eigenvalue weighted by Gasteiger charge is 2.33. The topological polar surface area (TPSA) is 69.0 Å². The molecule has 7 nitrogen and oxygen atoms in total. The number of rotatable bonds is 3. The highest BCUT2D eigenvalue weighted by atomic mass is 19.4. The van der Waals surface area contributed by atoms with Crippen molar-refractivity contribution in [3.8, 4) is 0 Å². The summed E-state index contributed by atoms with van der Waals surface area (Å²) in [5, 5.41) is 4.16. The summed E-state index contributed by atoms with van der Waals surface area (Å²) in [6, 6.07) is 3.92. The van der Waals surface area contributed by atoms with Gasteiger partial charge < -0.3 is 9.64 Å². The Morgan fingerprint density at radius 3 is 2.85 bits per heavy atom. The van der Waals surface area contributed by atoms with Crippen LogP contribution in [0.4, 0.5) is 23.4 Å². The number of hydrogen-bond acceptors (Lipinski definition) is 6. The van der Waals surface area contributed by atoms with Crippen LogP contribution in [0, 0.1) is 5.82 Å². The lowest BCUT2D eigenvalue weighted by molar-refractivity contribution is -0.142. The molecule has 4 rings (SSSR count). The Labute approximate surface area is 150 Å². The first-order chi connectivity index (χ1) is 12.9. The van der Waals surface area contributed by atoms with E-state index < -0.39 is 24.6 Å². The van der Waals surface area contributed by atoms with Gasteiger partial charge in [-0.25, -0.2) is 24.0 Å². The van der Waals surface area contributed by atoms with Gasteiger partial charge in [0, 0.05) is 6.54 Å². The Kier molecular flexibility index (Phi) is 4.38. The van der Waals surface area contributed by atoms with Gasteiger partial charge in [0.2, 0.25) is 0 Å². The number of fused-ring (bicyclic) bond motifs is 1. The number of benzene rings is 1. The molecule has 0 spiro atoms. The van der Waals surface area contributed by atoms with E-state index in [0.29, 0.717) is 24.5 Å². The second-order valence-electron chi connectivity index (χ2n) is 6.03. The Morgan fingerprint density at radius 2 is 2.04 bits per heavy atom. The minimum absolute atomic E-state index is 0.149. The maximum absolute atomic E-state index is 14.4. The monoisotopic (exact) mass is 382 g/mol. The van der Waals surface area contributed by atoms with E-state index in [4.69, 9.17) is 4.74 Å². The van der Waals surface area contributed by atoms with Crippen LogP contribution in [0.2, 0.25) is 0 Å². The predicted molar refractivity (Wildman–Crippen MR) is 86.5 cm³/mol. The average molecular weight is 382 g/mol. The highest BCUT2D eigenvalue weighted by Crippen LogP contribution is 2.32. The smallest absolute Gasteiger partial charge is 0.377 e. The fourth-order valence-corrected chi connectivity index (χ4v) is 3.06. The molecule has 1 unspecified atom stereocenters. The molecular formula is C16H14F4N6O. The van der Waals surface area contributed by atoms with Crippen molar-refractivity contribution in [1.82, 2.24) is 24.7 Å². The standard InChI is InChI=1S/C16H14F4N6O/c17-10-2-1-3-11-13(10)15(22-8-21-11)26-4-5-27-6-12(26)14-23-9-25(24-14)7-16(18,19)20/h1-3,8-9,12H,4-7H2. The van der Waals surface area contributed by atoms with Crippen LogP contribution in [-0.2, 0) is 11.3 Å². The summed E-state index contributed by atoms with van der Waals surface area (Å²) in [6.07, 6.45) is -2.06. The molecule has 27 heavy (non-hydrogen) atoms. The molecule has 2 aromatic heterocycles. The van der Waals surface area contributed by atoms with E-state index in [-0.39, 0.29) is 17.8 Å². The molecule has 1 aliphatic heterocycles. The zero-order chi connectivity index (χ0) is 19.0. The molecule has 11 heteroatoms. The third-order valence-corrected chi connectivity index (χ3v) is 4.19. The Balaban J connectivity index is 1.72. The molecule has 0 saturated carbocycles. The summed E-state index contributed by atoms with van der Waals surface area (Å²) in [7, 11) is 0. The summed E-state index contributed by atoms with van der Waals surface area (Å²) in [6.45, 7) is -0.368. The van der Waals surface area contributed by atoms with Crippen molar-refractivity contribution in [3.05, 3.63) is 42.5 Å². The second-order valence-corrected chi connectivity index (χ2v) is 6.03. The summed E-state index contributed by atoms with van der Waals surface area (Å²) < 4.78 is 58.3. The van der Waals surface area contributed by atoms with Crippen LogP contribution in [0.5, 0.6) is 0 Å². The van der Waals surface area contributed by atoms with Crippen LogP contribution in [0.25, 0.3) is 10.9 Å². The quantitative estimate of drug-likeness (QED) is 0.649. The molecule has 1 saturated heterocycles. The van der Waals surface area contributed by atoms with Crippen LogP contribution in [-0.4, -0.2) is 50.7 Å². The number of morpholine rings is 1. The van der Waals surface area contributed by atoms with Crippen LogP contribution >= 0.6 is 0 Å². The molecule has 0 amide bonds. The molecule has 0 radical (unpaired) electrons. The summed E-state index contributed by atoms with van der Waals surface area (Å²) in [5.74, 6) is 0.00419. The van der Waals surface area contributed by atoms with Gasteiger partial charge in [0.25, 0.3) is 0 Å². The zero-order valence-electron chi connectivity index (χ0n) is 13.9. The fourth-order valence-electron chi connectivity index (χ4n) is 3.06. The lowest BCUT2D eigenvalue weighted by Gasteiger charge is -2.35. The van der Waals surface area contributed by atoms with E-state index in [0.717, 1.165) is 11.0 Å². The van der Waals surface area contributed by atoms with Gasteiger partial charge in [0.05, 0.1) is 24.1 Å². The van der Waals surface area contributed by atoms with E-state index in [2.05, 4.69) is 20.1 Å². The Morgan fingerprint density at radius 1 is 1.19 bits per heavy atom. The number of ether oxygens (including phenoxy) is 1. The molecule has 0 N–H and O–H groups in total. The largest absolute Gasteiger partial charge is 0.408 e. The highest BCUT2D eigenvalue weighted by molar-refractivity contribution is 5.90. The third-order valence-electron chi connectivity index (χ3n) is 4.19. The first-order valence-electron chi connectivity index (χ1n) is 8.12. The van der Waals surface area contributed by atoms with Crippen molar-refractivity contribution < 1.29 is 22.3 Å². The van der Waals surface area contributed by atoms with E-state index >= 15 is 0 Å². The molecule has 1 fully saturated rings. The Hall–Kier alpha value is -2.82. The minimum atomic E-state index is -4.40. The summed E-state index contributed by atoms with van der Waals surface area (Å²) >= 11 is 0. The number of aromatic nitrogens is 5. The van der Waals surface area contributed by atoms with E-state index in [1.54, 1.807) is 17.0 Å². The number of halogens is 4. The van der Waals surface area contributed by atoms with Crippen molar-refractivity contribution in [2.45, 2.75) is 18.8 Å². The van der Waals surface area contributed by atoms with Gasteiger partial charge in [-0.1, -0.05) is 6.07 Å². The normalized spacial score (nSPS) is 18.2. The van der Waals surface area contributed by atoms with Gasteiger partial charge in [0.1, 0.15) is 36.9 Å². The number of nitrogens with zero attached hydrogens (tertiary/aromatic N) is 6. The third kappa shape index (κ3) is 3.54. The van der Waals surface area contributed by atoms with Crippen molar-refractivity contribution in [2.75, 3.05) is 24.7 Å². The summed E-state index contributed by atoms with van der Waals surface area (Å²) in [5.41, 5.74) is 0.431. The fraction of sp³-hybridized carbons (Fsp3) is 0.375. The van der Waals surface area contributed by atoms with Crippen LogP contribution in [0.15, 0.2) is 30.9 Å². The lowest BCUT2D eigenvalue weighted by Crippen LogP contribution is -2.41. The van der Waals surface area contributed by atoms with Crippen molar-refractivity contribution in [2.24, 2.45) is 0 Å². The first kappa shape index (κ1) is 17.6. The molecular weight excluding hydrogens is 368 g/mol. The minimum Gasteiger partial charge on any atom is -0.377 e. The zero-order valence-corrected chi connectivity index (χ0v) is 13.9. The van der Waals surface area contributed by atoms with E-state index in [9.17, 15) is 17.6 Å². The van der Waals surface area contributed by atoms with Gasteiger partial charge in [-0.15, -0.1) is 0 Å². The van der Waals surface area contributed by atoms with Gasteiger partial charge in [-0.2, -0.15) is 18.3 Å². The SMILES string of the molecule is Fc1cccc2ncnc(N3CCOCC3c3ncn(CC(F)(F)F)n3)c12. The molecule has 142 valence electrons. The molecule has 0 bridgehead atoms. The van der Waals surface area contributed by atoms with Gasteiger partial charge >= 0.3 is 6.18 Å². The lowest BCUT2D eigenvalue weighted by atomic mass is 10.1. The van der Waals surface area contributed by atoms with Gasteiger partial charge in [0.15, 0.2) is 5.82 Å². The maximum atomic E-state index is 14.4. The molecule has 1 aromatic carbocycles. The molecule has 3 heterocycles. The van der Waals surface area contributed by atoms with Crippen LogP contribution < -0.4 is 4.90 Å². The molecule has 1 atom stereocenters. The molecule has 0 aliphatic carbocycles. The predicted octanol–water partition coefficient (Wildman–Crippen LogP) is 2.50. The van der Waals surface area contributed by atoms with Crippen LogP contribution in [0.1, 0.15) is 11.9 Å². The maximum Gasteiger partial charge on any atom is 0.408 e. The van der Waals surface area contributed by atoms with Gasteiger partial charge in [-0.3, -0.25) is 0 Å². The van der Waals surface area contributed by atoms with Crippen LogP contribution in [0.3, 0.4) is 0 Å². The van der Waals surface area contributed by atoms with Crippen molar-refractivity contribution >= 4 is 16.7 Å². The molecule has 3 aromatic rings. The number of hydrogen-bond donors (Lipinski definition) is 0. The van der Waals surface area contributed by atoms with E-state index in [1.165, 1.54) is 12.4 Å². The average Bonchev–Trinajstić information content (AvgIpc) is 3.08. The van der Waals surface area contributed by atoms with Crippen molar-refractivity contribution in [1.29, 1.82) is 0 Å². The van der Waals surface area contributed by atoms with Crippen molar-refractivity contribution in [3.63, 3.8) is 0 Å².